The van der Waals surface area contributed by atoms with Crippen LogP contribution >= 0.6 is 0 Å². The van der Waals surface area contributed by atoms with E-state index in [4.69, 9.17) is 19.4 Å². The summed E-state index contributed by atoms with van der Waals surface area (Å²) >= 11 is 0. The van der Waals surface area contributed by atoms with Crippen LogP contribution in [0.5, 0.6) is 11.5 Å². The van der Waals surface area contributed by atoms with Crippen LogP contribution in [-0.2, 0) is 22.7 Å². The van der Waals surface area contributed by atoms with E-state index >= 15 is 0 Å². The summed E-state index contributed by atoms with van der Waals surface area (Å²) in [5.74, 6) is 0.839. The van der Waals surface area contributed by atoms with Crippen molar-refractivity contribution in [3.8, 4) is 11.5 Å². The third kappa shape index (κ3) is 7.21. The highest BCUT2D eigenvalue weighted by Gasteiger charge is 2.09. The second-order valence-electron chi connectivity index (χ2n) is 6.68. The number of hydroxylamine groups is 1. The van der Waals surface area contributed by atoms with Gasteiger partial charge in [0.15, 0.2) is 5.76 Å². The number of nitrogens with one attached hydrogen (secondary N) is 1. The van der Waals surface area contributed by atoms with Crippen LogP contribution in [0, 0.1) is 0 Å². The van der Waals surface area contributed by atoms with E-state index in [9.17, 15) is 4.79 Å². The van der Waals surface area contributed by atoms with Gasteiger partial charge in [0, 0.05) is 5.56 Å². The van der Waals surface area contributed by atoms with Crippen LogP contribution in [0.3, 0.4) is 0 Å². The molecule has 2 N–H and O–H groups in total. The fraction of sp³-hybridized carbons (Fsp3) is 0.160. The van der Waals surface area contributed by atoms with Gasteiger partial charge in [-0.15, -0.1) is 0 Å². The summed E-state index contributed by atoms with van der Waals surface area (Å²) in [6.45, 7) is 2.81. The lowest BCUT2D eigenvalue weighted by molar-refractivity contribution is -0.136. The normalized spacial score (nSPS) is 11.1. The molecule has 0 aliphatic rings. The number of hydrogen-bond donors (Lipinski definition) is 2. The van der Waals surface area contributed by atoms with Crippen molar-refractivity contribution >= 4 is 11.7 Å². The summed E-state index contributed by atoms with van der Waals surface area (Å²) in [4.78, 5) is 16.2. The number of ether oxygens (including phenoxy) is 2. The maximum absolute atomic E-state index is 11.0. The quantitative estimate of drug-likeness (QED) is 0.264. The minimum Gasteiger partial charge on any atom is -0.489 e. The van der Waals surface area contributed by atoms with Gasteiger partial charge in [-0.3, -0.25) is 15.1 Å². The average Bonchev–Trinajstić information content (AvgIpc) is 2.78. The van der Waals surface area contributed by atoms with E-state index in [1.807, 2.05) is 61.5 Å². The van der Waals surface area contributed by atoms with E-state index in [2.05, 4.69) is 5.48 Å². The minimum absolute atomic E-state index is 0.0732. The molecule has 0 atom stereocenters. The molecular weight excluding hydrogens is 394 g/mol. The van der Waals surface area contributed by atoms with E-state index in [0.29, 0.717) is 36.0 Å². The first kappa shape index (κ1) is 21.9. The monoisotopic (exact) mass is 419 g/mol. The number of carbonyl (C=O) groups is 1. The smallest absolute Gasteiger partial charge is 0.307 e. The van der Waals surface area contributed by atoms with Crippen LogP contribution in [0.25, 0.3) is 5.76 Å². The number of benzene rings is 3. The molecule has 0 aromatic heterocycles. The topological polar surface area (TPSA) is 77.0 Å². The first-order valence-electron chi connectivity index (χ1n) is 9.97. The van der Waals surface area contributed by atoms with E-state index in [1.165, 1.54) is 0 Å². The van der Waals surface area contributed by atoms with E-state index in [-0.39, 0.29) is 6.42 Å². The molecule has 0 saturated carbocycles. The number of aliphatic carboxylic acids is 1. The summed E-state index contributed by atoms with van der Waals surface area (Å²) in [5.41, 5.74) is 5.27. The molecule has 0 aliphatic heterocycles. The average molecular weight is 419 g/mol. The highest BCUT2D eigenvalue weighted by molar-refractivity contribution is 5.70. The fourth-order valence-corrected chi connectivity index (χ4v) is 2.85. The zero-order valence-corrected chi connectivity index (χ0v) is 17.3. The van der Waals surface area contributed by atoms with Crippen LogP contribution in [0.2, 0.25) is 0 Å². The molecule has 0 spiro atoms. The van der Waals surface area contributed by atoms with E-state index < -0.39 is 5.97 Å². The Morgan fingerprint density at radius 3 is 2.45 bits per heavy atom. The maximum Gasteiger partial charge on any atom is 0.307 e. The summed E-state index contributed by atoms with van der Waals surface area (Å²) in [6, 6.07) is 24.5. The van der Waals surface area contributed by atoms with Gasteiger partial charge in [-0.1, -0.05) is 54.6 Å². The van der Waals surface area contributed by atoms with Crippen molar-refractivity contribution in [1.82, 2.24) is 5.48 Å². The fourth-order valence-electron chi connectivity index (χ4n) is 2.85. The Morgan fingerprint density at radius 2 is 1.68 bits per heavy atom. The summed E-state index contributed by atoms with van der Waals surface area (Å²) in [5, 5.41) is 9.03. The van der Waals surface area contributed by atoms with Crippen LogP contribution < -0.4 is 15.0 Å². The van der Waals surface area contributed by atoms with E-state index in [1.54, 1.807) is 30.5 Å². The lowest BCUT2D eigenvalue weighted by Gasteiger charge is -2.14. The Morgan fingerprint density at radius 1 is 0.935 bits per heavy atom. The first-order valence-corrected chi connectivity index (χ1v) is 9.97. The maximum atomic E-state index is 11.0. The Bertz CT molecular complexity index is 1020. The predicted molar refractivity (Wildman–Crippen MR) is 118 cm³/mol. The second-order valence-corrected chi connectivity index (χ2v) is 6.68. The first-order chi connectivity index (χ1) is 15.1. The molecule has 31 heavy (non-hydrogen) atoms. The molecule has 0 fully saturated rings. The van der Waals surface area contributed by atoms with Gasteiger partial charge in [0.1, 0.15) is 18.1 Å². The standard InChI is InChI=1S/C25H25NO5/c1-2-30-26-17-24(31-23-13-6-10-20(14-23)15-25(27)28)21-11-7-12-22(16-21)29-18-19-8-4-3-5-9-19/h3-14,16-17,26H,2,15,18H2,1H3,(H,27,28). The highest BCUT2D eigenvalue weighted by atomic mass is 16.6. The predicted octanol–water partition coefficient (Wildman–Crippen LogP) is 4.81. The molecule has 0 saturated heterocycles. The summed E-state index contributed by atoms with van der Waals surface area (Å²) < 4.78 is 12.0. The largest absolute Gasteiger partial charge is 0.489 e. The van der Waals surface area contributed by atoms with Gasteiger partial charge < -0.3 is 14.6 Å². The molecule has 0 aliphatic carbocycles. The van der Waals surface area contributed by atoms with Crippen molar-refractivity contribution in [3.63, 3.8) is 0 Å². The molecular formula is C25H25NO5. The number of hydrogen-bond acceptors (Lipinski definition) is 5. The third-order valence-corrected chi connectivity index (χ3v) is 4.27. The lowest BCUT2D eigenvalue weighted by atomic mass is 10.1. The molecule has 6 nitrogen and oxygen atoms in total. The Balaban J connectivity index is 1.78. The van der Waals surface area contributed by atoms with Gasteiger partial charge in [-0.25, -0.2) is 0 Å². The summed E-state index contributed by atoms with van der Waals surface area (Å²) in [6.07, 6.45) is 1.54. The van der Waals surface area contributed by atoms with Crippen molar-refractivity contribution < 1.29 is 24.2 Å². The molecule has 0 unspecified atom stereocenters. The van der Waals surface area contributed by atoms with Gasteiger partial charge in [0.25, 0.3) is 0 Å². The molecule has 3 aromatic carbocycles. The molecule has 0 amide bonds. The Hall–Kier alpha value is -3.77. The van der Waals surface area contributed by atoms with E-state index in [0.717, 1.165) is 11.1 Å². The number of carboxylic acids is 1. The zero-order valence-electron chi connectivity index (χ0n) is 17.3. The number of rotatable bonds is 11. The van der Waals surface area contributed by atoms with Crippen LogP contribution in [0.15, 0.2) is 85.1 Å². The number of carboxylic acid groups (broad SMARTS) is 1. The molecule has 0 radical (unpaired) electrons. The van der Waals surface area contributed by atoms with Crippen molar-refractivity contribution in [3.05, 3.63) is 102 Å². The van der Waals surface area contributed by atoms with Crippen LogP contribution in [0.1, 0.15) is 23.6 Å². The van der Waals surface area contributed by atoms with Gasteiger partial charge >= 0.3 is 5.97 Å². The van der Waals surface area contributed by atoms with Gasteiger partial charge in [0.2, 0.25) is 0 Å². The van der Waals surface area contributed by atoms with Crippen molar-refractivity contribution in [2.24, 2.45) is 0 Å². The Kier molecular flexibility index (Phi) is 8.08. The molecule has 3 rings (SSSR count). The molecule has 0 bridgehead atoms. The van der Waals surface area contributed by atoms with Crippen LogP contribution in [0.4, 0.5) is 0 Å². The van der Waals surface area contributed by atoms with Crippen molar-refractivity contribution in [1.29, 1.82) is 0 Å². The second kappa shape index (κ2) is 11.4. The molecule has 160 valence electrons. The minimum atomic E-state index is -0.894. The molecule has 6 heteroatoms. The zero-order chi connectivity index (χ0) is 21.9. The van der Waals surface area contributed by atoms with Gasteiger partial charge in [-0.05, 0) is 42.3 Å². The van der Waals surface area contributed by atoms with Gasteiger partial charge in [-0.2, -0.15) is 0 Å². The third-order valence-electron chi connectivity index (χ3n) is 4.27. The molecule has 0 heterocycles. The van der Waals surface area contributed by atoms with Crippen molar-refractivity contribution in [2.45, 2.75) is 20.0 Å². The molecule has 3 aromatic rings. The Labute approximate surface area is 181 Å². The highest BCUT2D eigenvalue weighted by Crippen LogP contribution is 2.25. The van der Waals surface area contributed by atoms with Gasteiger partial charge in [0.05, 0.1) is 19.2 Å². The van der Waals surface area contributed by atoms with Crippen molar-refractivity contribution in [2.75, 3.05) is 6.61 Å². The summed E-state index contributed by atoms with van der Waals surface area (Å²) in [7, 11) is 0. The van der Waals surface area contributed by atoms with Crippen LogP contribution in [-0.4, -0.2) is 17.7 Å². The lowest BCUT2D eigenvalue weighted by Crippen LogP contribution is -2.09. The SMILES string of the molecule is CCONC=C(Oc1cccc(CC(=O)O)c1)c1cccc(OCc2ccccc2)c1.